The van der Waals surface area contributed by atoms with Crippen LogP contribution in [-0.2, 0) is 7.47 Å². The standard InChI is InChI=1S/C7H9AsO2/c1-10-8(9)7-5-3-2-4-6-7/h2-6,8H,1H3. The van der Waals surface area contributed by atoms with E-state index in [1.807, 2.05) is 30.3 Å². The van der Waals surface area contributed by atoms with Crippen molar-refractivity contribution in [1.29, 1.82) is 0 Å². The maximum atomic E-state index is 11.0. The van der Waals surface area contributed by atoms with E-state index in [1.165, 1.54) is 7.11 Å². The van der Waals surface area contributed by atoms with Gasteiger partial charge in [0, 0.05) is 0 Å². The van der Waals surface area contributed by atoms with Crippen molar-refractivity contribution in [1.82, 2.24) is 0 Å². The van der Waals surface area contributed by atoms with Crippen LogP contribution in [0.5, 0.6) is 0 Å². The van der Waals surface area contributed by atoms with Gasteiger partial charge < -0.3 is 0 Å². The van der Waals surface area contributed by atoms with Crippen molar-refractivity contribution in [3.05, 3.63) is 30.3 Å². The van der Waals surface area contributed by atoms with Crippen LogP contribution in [0.15, 0.2) is 30.3 Å². The van der Waals surface area contributed by atoms with Crippen molar-refractivity contribution >= 4 is 19.3 Å². The third kappa shape index (κ3) is 1.76. The van der Waals surface area contributed by atoms with Crippen LogP contribution in [0.3, 0.4) is 0 Å². The van der Waals surface area contributed by atoms with Crippen molar-refractivity contribution < 1.29 is 7.47 Å². The fraction of sp³-hybridized carbons (Fsp3) is 0.143. The third-order valence-electron chi connectivity index (χ3n) is 1.19. The van der Waals surface area contributed by atoms with Crippen molar-refractivity contribution in [2.75, 3.05) is 7.11 Å². The first-order chi connectivity index (χ1) is 4.84. The molecule has 1 atom stereocenters. The predicted octanol–water partition coefficient (Wildman–Crippen LogP) is 0.191. The Kier molecular flexibility index (Phi) is 2.79. The molecule has 0 heterocycles. The first-order valence-electron chi connectivity index (χ1n) is 2.98. The van der Waals surface area contributed by atoms with E-state index in [1.54, 1.807) is 0 Å². The molecule has 54 valence electrons. The number of rotatable bonds is 2. The number of hydrogen-bond donors (Lipinski definition) is 0. The Balaban J connectivity index is 2.85. The van der Waals surface area contributed by atoms with Gasteiger partial charge in [-0.2, -0.15) is 0 Å². The summed E-state index contributed by atoms with van der Waals surface area (Å²) in [5, 5.41) is 0. The molecule has 1 rings (SSSR count). The van der Waals surface area contributed by atoms with E-state index in [4.69, 9.17) is 3.73 Å². The Hall–Kier alpha value is -0.462. The summed E-state index contributed by atoms with van der Waals surface area (Å²) in [6.45, 7) is 0. The Morgan fingerprint density at radius 1 is 1.30 bits per heavy atom. The summed E-state index contributed by atoms with van der Waals surface area (Å²) in [5.74, 6) is 0. The number of benzene rings is 1. The molecule has 1 aromatic rings. The predicted molar refractivity (Wildman–Crippen MR) is 40.9 cm³/mol. The molecule has 0 aliphatic heterocycles. The molecule has 1 unspecified atom stereocenters. The van der Waals surface area contributed by atoms with Crippen LogP contribution in [-0.4, -0.2) is 22.0 Å². The molecule has 0 spiro atoms. The summed E-state index contributed by atoms with van der Waals surface area (Å²) in [7, 11) is 1.48. The van der Waals surface area contributed by atoms with Crippen LogP contribution in [0.25, 0.3) is 0 Å². The molecule has 0 radical (unpaired) electrons. The second kappa shape index (κ2) is 3.64. The van der Waals surface area contributed by atoms with Gasteiger partial charge in [0.05, 0.1) is 0 Å². The fourth-order valence-corrected chi connectivity index (χ4v) is 2.16. The Bertz CT molecular complexity index is 220. The minimum absolute atomic E-state index is 0.838. The third-order valence-corrected chi connectivity index (χ3v) is 3.66. The Morgan fingerprint density at radius 3 is 2.40 bits per heavy atom. The average molecular weight is 200 g/mol. The second-order valence-corrected chi connectivity index (χ2v) is 5.13. The maximum absolute atomic E-state index is 11.0. The van der Waals surface area contributed by atoms with Gasteiger partial charge in [0.25, 0.3) is 0 Å². The van der Waals surface area contributed by atoms with E-state index in [0.717, 1.165) is 4.35 Å². The molecule has 0 saturated carbocycles. The monoisotopic (exact) mass is 200 g/mol. The van der Waals surface area contributed by atoms with E-state index >= 15 is 0 Å². The molecule has 0 bridgehead atoms. The summed E-state index contributed by atoms with van der Waals surface area (Å²) >= 11 is -2.54. The van der Waals surface area contributed by atoms with Gasteiger partial charge in [-0.25, -0.2) is 0 Å². The summed E-state index contributed by atoms with van der Waals surface area (Å²) < 4.78 is 16.6. The zero-order valence-corrected chi connectivity index (χ0v) is 7.80. The minimum atomic E-state index is -2.54. The van der Waals surface area contributed by atoms with E-state index < -0.39 is 14.9 Å². The fourth-order valence-electron chi connectivity index (χ4n) is 0.692. The van der Waals surface area contributed by atoms with Gasteiger partial charge in [0.1, 0.15) is 0 Å². The molecule has 1 aromatic carbocycles. The summed E-state index contributed by atoms with van der Waals surface area (Å²) in [6, 6.07) is 9.26. The van der Waals surface area contributed by atoms with Gasteiger partial charge in [-0.3, -0.25) is 0 Å². The van der Waals surface area contributed by atoms with Crippen LogP contribution in [0.1, 0.15) is 0 Å². The number of hydrogen-bond acceptors (Lipinski definition) is 2. The van der Waals surface area contributed by atoms with Crippen LogP contribution in [0, 0.1) is 0 Å². The topological polar surface area (TPSA) is 26.3 Å². The zero-order chi connectivity index (χ0) is 7.40. The molecule has 0 aliphatic rings. The van der Waals surface area contributed by atoms with Gasteiger partial charge >= 0.3 is 64.2 Å². The molecule has 3 heteroatoms. The first kappa shape index (κ1) is 7.64. The molecule has 0 saturated heterocycles. The molecule has 0 fully saturated rings. The summed E-state index contributed by atoms with van der Waals surface area (Å²) in [5.41, 5.74) is 0. The molecular weight excluding hydrogens is 191 g/mol. The molecule has 0 amide bonds. The zero-order valence-electron chi connectivity index (χ0n) is 5.70. The first-order valence-corrected chi connectivity index (χ1v) is 5.74. The van der Waals surface area contributed by atoms with Crippen molar-refractivity contribution in [3.63, 3.8) is 0 Å². The molecule has 2 nitrogen and oxygen atoms in total. The van der Waals surface area contributed by atoms with Gasteiger partial charge in [0.2, 0.25) is 0 Å². The second-order valence-electron chi connectivity index (χ2n) is 1.86. The quantitative estimate of drug-likeness (QED) is 0.637. The molecule has 0 aliphatic carbocycles. The van der Waals surface area contributed by atoms with Gasteiger partial charge in [-0.15, -0.1) is 0 Å². The summed E-state index contributed by atoms with van der Waals surface area (Å²) in [4.78, 5) is 0. The molecule has 0 aromatic heterocycles. The SMILES string of the molecule is CO[AsH](=O)c1ccccc1. The van der Waals surface area contributed by atoms with Crippen LogP contribution in [0.2, 0.25) is 0 Å². The average Bonchev–Trinajstić information content (AvgIpc) is 2.05. The van der Waals surface area contributed by atoms with E-state index in [9.17, 15) is 3.74 Å². The van der Waals surface area contributed by atoms with Crippen LogP contribution in [0.4, 0.5) is 0 Å². The van der Waals surface area contributed by atoms with Gasteiger partial charge in [-0.1, -0.05) is 0 Å². The van der Waals surface area contributed by atoms with Crippen molar-refractivity contribution in [2.24, 2.45) is 0 Å². The van der Waals surface area contributed by atoms with Crippen molar-refractivity contribution in [2.45, 2.75) is 0 Å². The molecular formula is C7H9AsO2. The van der Waals surface area contributed by atoms with Crippen LogP contribution < -0.4 is 4.35 Å². The van der Waals surface area contributed by atoms with E-state index in [0.29, 0.717) is 0 Å². The Morgan fingerprint density at radius 2 is 1.90 bits per heavy atom. The summed E-state index contributed by atoms with van der Waals surface area (Å²) in [6.07, 6.45) is 0. The Labute approximate surface area is 64.7 Å². The van der Waals surface area contributed by atoms with Gasteiger partial charge in [0.15, 0.2) is 0 Å². The normalized spacial score (nSPS) is 12.9. The van der Waals surface area contributed by atoms with E-state index in [2.05, 4.69) is 0 Å². The van der Waals surface area contributed by atoms with Crippen LogP contribution >= 0.6 is 0 Å². The van der Waals surface area contributed by atoms with E-state index in [-0.39, 0.29) is 0 Å². The van der Waals surface area contributed by atoms with Gasteiger partial charge in [-0.05, 0) is 0 Å². The van der Waals surface area contributed by atoms with Crippen molar-refractivity contribution in [3.8, 4) is 0 Å². The molecule has 10 heavy (non-hydrogen) atoms. The molecule has 0 N–H and O–H groups in total.